The van der Waals surface area contributed by atoms with Gasteiger partial charge in [0.25, 0.3) is 0 Å². The lowest BCUT2D eigenvalue weighted by molar-refractivity contribution is 0.0519. The van der Waals surface area contributed by atoms with Crippen molar-refractivity contribution >= 4 is 43.5 Å². The van der Waals surface area contributed by atoms with Crippen molar-refractivity contribution in [2.24, 2.45) is 0 Å². The first-order valence-electron chi connectivity index (χ1n) is 5.14. The van der Waals surface area contributed by atoms with Crippen LogP contribution in [-0.2, 0) is 11.2 Å². The fourth-order valence-corrected chi connectivity index (χ4v) is 3.23. The van der Waals surface area contributed by atoms with Gasteiger partial charge in [0.1, 0.15) is 5.69 Å². The quantitative estimate of drug-likeness (QED) is 0.878. The Hall–Kier alpha value is -0.810. The van der Waals surface area contributed by atoms with Gasteiger partial charge in [-0.05, 0) is 35.3 Å². The van der Waals surface area contributed by atoms with Crippen molar-refractivity contribution in [3.05, 3.63) is 21.1 Å². The maximum Gasteiger partial charge on any atom is 0.355 e. The fraction of sp³-hybridized carbons (Fsp3) is 0.364. The Morgan fingerprint density at radius 2 is 2.31 bits per heavy atom. The summed E-state index contributed by atoms with van der Waals surface area (Å²) >= 11 is 5.14. The normalized spacial score (nSPS) is 10.9. The summed E-state index contributed by atoms with van der Waals surface area (Å²) in [6.07, 6.45) is 1.01. The highest BCUT2D eigenvalue weighted by Crippen LogP contribution is 2.35. The number of thiophene rings is 1. The Bertz CT molecular complexity index is 529. The number of ether oxygens (including phenoxy) is 1. The van der Waals surface area contributed by atoms with Gasteiger partial charge in [0.2, 0.25) is 0 Å². The van der Waals surface area contributed by atoms with E-state index < -0.39 is 0 Å². The van der Waals surface area contributed by atoms with Crippen LogP contribution in [0.4, 0.5) is 0 Å². The molecule has 0 spiro atoms. The molecule has 0 aliphatic heterocycles. The number of hydrogen-bond acceptors (Lipinski definition) is 3. The number of H-pyrrole nitrogens is 1. The number of aromatic amines is 1. The molecule has 0 amide bonds. The number of carbonyl (C=O) groups is 1. The third-order valence-corrected chi connectivity index (χ3v) is 4.64. The second-order valence-corrected chi connectivity index (χ2v) is 5.27. The van der Waals surface area contributed by atoms with E-state index in [2.05, 4.69) is 33.9 Å². The molecule has 0 atom stereocenters. The SMILES string of the molecule is CCOC(=O)c1[nH]c2cc(CC)sc2c1Br. The van der Waals surface area contributed by atoms with E-state index in [1.54, 1.807) is 18.3 Å². The summed E-state index contributed by atoms with van der Waals surface area (Å²) in [5, 5.41) is 0. The Morgan fingerprint density at radius 1 is 1.56 bits per heavy atom. The molecule has 0 aliphatic rings. The summed E-state index contributed by atoms with van der Waals surface area (Å²) in [5.41, 5.74) is 1.50. The summed E-state index contributed by atoms with van der Waals surface area (Å²) in [7, 11) is 0. The predicted molar refractivity (Wildman–Crippen MR) is 69.2 cm³/mol. The maximum absolute atomic E-state index is 11.6. The van der Waals surface area contributed by atoms with Crippen LogP contribution in [0.25, 0.3) is 10.2 Å². The molecule has 0 saturated heterocycles. The number of aromatic nitrogens is 1. The standard InChI is InChI=1S/C11H12BrNO2S/c1-3-6-5-7-10(16-6)8(12)9(13-7)11(14)15-4-2/h5,13H,3-4H2,1-2H3. The number of fused-ring (bicyclic) bond motifs is 1. The second kappa shape index (κ2) is 4.59. The number of rotatable bonds is 3. The molecule has 1 N–H and O–H groups in total. The number of carbonyl (C=O) groups excluding carboxylic acids is 1. The third-order valence-electron chi connectivity index (χ3n) is 2.29. The first-order chi connectivity index (χ1) is 7.67. The number of hydrogen-bond donors (Lipinski definition) is 1. The molecular formula is C11H12BrNO2S. The summed E-state index contributed by atoms with van der Waals surface area (Å²) in [6, 6.07) is 2.08. The lowest BCUT2D eigenvalue weighted by Crippen LogP contribution is -2.05. The molecule has 0 aromatic carbocycles. The Morgan fingerprint density at radius 3 is 2.88 bits per heavy atom. The predicted octanol–water partition coefficient (Wildman–Crippen LogP) is 3.73. The molecule has 0 radical (unpaired) electrons. The fourth-order valence-electron chi connectivity index (χ4n) is 1.52. The second-order valence-electron chi connectivity index (χ2n) is 3.34. The highest BCUT2D eigenvalue weighted by molar-refractivity contribution is 9.10. The molecule has 0 aliphatic carbocycles. The smallest absolute Gasteiger partial charge is 0.355 e. The minimum atomic E-state index is -0.309. The average molecular weight is 302 g/mol. The summed E-state index contributed by atoms with van der Waals surface area (Å²) in [4.78, 5) is 16.0. The van der Waals surface area contributed by atoms with Crippen LogP contribution in [0.3, 0.4) is 0 Å². The molecule has 0 unspecified atom stereocenters. The third kappa shape index (κ3) is 1.89. The van der Waals surface area contributed by atoms with E-state index in [4.69, 9.17) is 4.74 Å². The highest BCUT2D eigenvalue weighted by Gasteiger charge is 2.18. The van der Waals surface area contributed by atoms with E-state index >= 15 is 0 Å². The molecule has 2 heterocycles. The van der Waals surface area contributed by atoms with Crippen LogP contribution in [0.5, 0.6) is 0 Å². The van der Waals surface area contributed by atoms with E-state index in [0.717, 1.165) is 21.1 Å². The zero-order chi connectivity index (χ0) is 11.7. The molecule has 5 heteroatoms. The van der Waals surface area contributed by atoms with Crippen molar-refractivity contribution in [1.29, 1.82) is 0 Å². The monoisotopic (exact) mass is 301 g/mol. The number of esters is 1. The van der Waals surface area contributed by atoms with Crippen LogP contribution >= 0.6 is 27.3 Å². The van der Waals surface area contributed by atoms with Crippen LogP contribution in [0, 0.1) is 0 Å². The van der Waals surface area contributed by atoms with Gasteiger partial charge in [-0.2, -0.15) is 0 Å². The van der Waals surface area contributed by atoms with Crippen molar-refractivity contribution in [2.75, 3.05) is 6.61 Å². The largest absolute Gasteiger partial charge is 0.461 e. The van der Waals surface area contributed by atoms with E-state index in [1.807, 2.05) is 0 Å². The van der Waals surface area contributed by atoms with Gasteiger partial charge in [-0.3, -0.25) is 0 Å². The molecule has 0 bridgehead atoms. The van der Waals surface area contributed by atoms with E-state index in [9.17, 15) is 4.79 Å². The maximum atomic E-state index is 11.6. The number of nitrogens with one attached hydrogen (secondary N) is 1. The lowest BCUT2D eigenvalue weighted by Gasteiger charge is -1.99. The van der Waals surface area contributed by atoms with Crippen LogP contribution in [0.15, 0.2) is 10.5 Å². The molecule has 86 valence electrons. The first-order valence-corrected chi connectivity index (χ1v) is 6.75. The van der Waals surface area contributed by atoms with E-state index in [-0.39, 0.29) is 5.97 Å². The first kappa shape index (κ1) is 11.7. The van der Waals surface area contributed by atoms with Gasteiger partial charge in [-0.15, -0.1) is 11.3 Å². The van der Waals surface area contributed by atoms with Crippen LogP contribution < -0.4 is 0 Å². The van der Waals surface area contributed by atoms with Gasteiger partial charge < -0.3 is 9.72 Å². The molecule has 2 aromatic heterocycles. The van der Waals surface area contributed by atoms with Gasteiger partial charge in [0.15, 0.2) is 0 Å². The average Bonchev–Trinajstić information content (AvgIpc) is 2.79. The van der Waals surface area contributed by atoms with Gasteiger partial charge in [-0.25, -0.2) is 4.79 Å². The molecule has 3 nitrogen and oxygen atoms in total. The summed E-state index contributed by atoms with van der Waals surface area (Å²) < 4.78 is 6.86. The zero-order valence-corrected chi connectivity index (χ0v) is 11.5. The Balaban J connectivity index is 2.45. The van der Waals surface area contributed by atoms with Crippen molar-refractivity contribution in [3.8, 4) is 0 Å². The number of aryl methyl sites for hydroxylation is 1. The van der Waals surface area contributed by atoms with Crippen molar-refractivity contribution in [1.82, 2.24) is 4.98 Å². The number of halogens is 1. The van der Waals surface area contributed by atoms with E-state index in [0.29, 0.717) is 12.3 Å². The van der Waals surface area contributed by atoms with E-state index in [1.165, 1.54) is 4.88 Å². The van der Waals surface area contributed by atoms with Crippen molar-refractivity contribution in [3.63, 3.8) is 0 Å². The highest BCUT2D eigenvalue weighted by atomic mass is 79.9. The van der Waals surface area contributed by atoms with Crippen LogP contribution in [0.2, 0.25) is 0 Å². The van der Waals surface area contributed by atoms with Gasteiger partial charge >= 0.3 is 5.97 Å². The Labute approximate surface area is 106 Å². The minimum absolute atomic E-state index is 0.309. The molecule has 16 heavy (non-hydrogen) atoms. The molecular weight excluding hydrogens is 290 g/mol. The van der Waals surface area contributed by atoms with Gasteiger partial charge in [0.05, 0.1) is 21.3 Å². The molecule has 0 fully saturated rings. The Kier molecular flexibility index (Phi) is 3.35. The molecule has 2 aromatic rings. The van der Waals surface area contributed by atoms with Crippen molar-refractivity contribution < 1.29 is 9.53 Å². The lowest BCUT2D eigenvalue weighted by atomic mass is 10.4. The van der Waals surface area contributed by atoms with Crippen LogP contribution in [-0.4, -0.2) is 17.6 Å². The van der Waals surface area contributed by atoms with Gasteiger partial charge in [0, 0.05) is 4.88 Å². The summed E-state index contributed by atoms with van der Waals surface area (Å²) in [5.74, 6) is -0.309. The zero-order valence-electron chi connectivity index (χ0n) is 9.09. The summed E-state index contributed by atoms with van der Waals surface area (Å²) in [6.45, 7) is 4.30. The van der Waals surface area contributed by atoms with Crippen molar-refractivity contribution in [2.45, 2.75) is 20.3 Å². The minimum Gasteiger partial charge on any atom is -0.461 e. The topological polar surface area (TPSA) is 42.1 Å². The van der Waals surface area contributed by atoms with Crippen LogP contribution in [0.1, 0.15) is 29.2 Å². The molecule has 2 rings (SSSR count). The van der Waals surface area contributed by atoms with Gasteiger partial charge in [-0.1, -0.05) is 6.92 Å². The molecule has 0 saturated carbocycles.